The van der Waals surface area contributed by atoms with Crippen LogP contribution < -0.4 is 10.1 Å². The van der Waals surface area contributed by atoms with E-state index in [1.54, 1.807) is 30.1 Å². The lowest BCUT2D eigenvalue weighted by molar-refractivity contribution is -0.128. The number of rotatable bonds is 6. The maximum atomic E-state index is 13.8. The SMILES string of the molecule is CCN(C)C(=O)CNCc1cccc(OC)c1F. The van der Waals surface area contributed by atoms with E-state index in [0.29, 0.717) is 18.7 Å². The Morgan fingerprint density at radius 1 is 1.50 bits per heavy atom. The number of hydrogen-bond donors (Lipinski definition) is 1. The van der Waals surface area contributed by atoms with Crippen molar-refractivity contribution in [1.29, 1.82) is 0 Å². The first-order chi connectivity index (χ1) is 8.60. The predicted octanol–water partition coefficient (Wildman–Crippen LogP) is 1.40. The van der Waals surface area contributed by atoms with Gasteiger partial charge in [0.05, 0.1) is 13.7 Å². The lowest BCUT2D eigenvalue weighted by Crippen LogP contribution is -2.35. The Morgan fingerprint density at radius 3 is 2.83 bits per heavy atom. The van der Waals surface area contributed by atoms with E-state index in [1.807, 2.05) is 6.92 Å². The van der Waals surface area contributed by atoms with E-state index in [-0.39, 0.29) is 24.0 Å². The Balaban J connectivity index is 2.52. The van der Waals surface area contributed by atoms with E-state index < -0.39 is 0 Å². The van der Waals surface area contributed by atoms with Gasteiger partial charge < -0.3 is 15.0 Å². The van der Waals surface area contributed by atoms with E-state index in [2.05, 4.69) is 5.32 Å². The fraction of sp³-hybridized carbons (Fsp3) is 0.462. The summed E-state index contributed by atoms with van der Waals surface area (Å²) in [5.74, 6) is -0.184. The molecule has 5 heteroatoms. The smallest absolute Gasteiger partial charge is 0.236 e. The van der Waals surface area contributed by atoms with Crippen LogP contribution in [0.1, 0.15) is 12.5 Å². The monoisotopic (exact) mass is 254 g/mol. The number of nitrogens with one attached hydrogen (secondary N) is 1. The van der Waals surface area contributed by atoms with E-state index in [4.69, 9.17) is 4.74 Å². The first kappa shape index (κ1) is 14.4. The molecule has 0 aromatic heterocycles. The Bertz CT molecular complexity index is 410. The summed E-state index contributed by atoms with van der Waals surface area (Å²) < 4.78 is 18.7. The molecule has 1 amide bonds. The Hall–Kier alpha value is -1.62. The number of methoxy groups -OCH3 is 1. The molecule has 0 bridgehead atoms. The van der Waals surface area contributed by atoms with Gasteiger partial charge in [-0.1, -0.05) is 12.1 Å². The zero-order chi connectivity index (χ0) is 13.5. The van der Waals surface area contributed by atoms with Crippen LogP contribution in [0.25, 0.3) is 0 Å². The van der Waals surface area contributed by atoms with E-state index in [9.17, 15) is 9.18 Å². The van der Waals surface area contributed by atoms with E-state index in [0.717, 1.165) is 0 Å². The predicted molar refractivity (Wildman–Crippen MR) is 68.0 cm³/mol. The highest BCUT2D eigenvalue weighted by Gasteiger charge is 2.09. The zero-order valence-electron chi connectivity index (χ0n) is 11.0. The highest BCUT2D eigenvalue weighted by Crippen LogP contribution is 2.19. The third kappa shape index (κ3) is 3.70. The average molecular weight is 254 g/mol. The number of carbonyl (C=O) groups is 1. The molecule has 1 rings (SSSR count). The van der Waals surface area contributed by atoms with Gasteiger partial charge in [0.25, 0.3) is 0 Å². The van der Waals surface area contributed by atoms with Gasteiger partial charge in [0.15, 0.2) is 11.6 Å². The maximum absolute atomic E-state index is 13.8. The molecule has 0 atom stereocenters. The summed E-state index contributed by atoms with van der Waals surface area (Å²) in [4.78, 5) is 13.1. The molecule has 0 spiro atoms. The fourth-order valence-corrected chi connectivity index (χ4v) is 1.47. The zero-order valence-corrected chi connectivity index (χ0v) is 11.0. The molecule has 4 nitrogen and oxygen atoms in total. The molecule has 0 heterocycles. The second-order valence-electron chi connectivity index (χ2n) is 3.94. The first-order valence-electron chi connectivity index (χ1n) is 5.86. The van der Waals surface area contributed by atoms with Crippen LogP contribution in [-0.2, 0) is 11.3 Å². The van der Waals surface area contributed by atoms with Crippen molar-refractivity contribution in [3.05, 3.63) is 29.6 Å². The number of nitrogens with zero attached hydrogens (tertiary/aromatic N) is 1. The Morgan fingerprint density at radius 2 is 2.22 bits per heavy atom. The van der Waals surface area contributed by atoms with Gasteiger partial charge in [-0.3, -0.25) is 4.79 Å². The minimum absolute atomic E-state index is 0.0131. The highest BCUT2D eigenvalue weighted by molar-refractivity contribution is 5.77. The van der Waals surface area contributed by atoms with Crippen LogP contribution in [0.3, 0.4) is 0 Å². The van der Waals surface area contributed by atoms with Crippen molar-refractivity contribution in [2.24, 2.45) is 0 Å². The summed E-state index contributed by atoms with van der Waals surface area (Å²) >= 11 is 0. The van der Waals surface area contributed by atoms with Crippen molar-refractivity contribution < 1.29 is 13.9 Å². The Labute approximate surface area is 107 Å². The van der Waals surface area contributed by atoms with Crippen LogP contribution in [0.15, 0.2) is 18.2 Å². The van der Waals surface area contributed by atoms with Crippen LogP contribution in [-0.4, -0.2) is 38.1 Å². The molecule has 1 aromatic carbocycles. The molecule has 0 aliphatic carbocycles. The standard InChI is InChI=1S/C13H19FN2O2/c1-4-16(2)12(17)9-15-8-10-6-5-7-11(18-3)13(10)14/h5-7,15H,4,8-9H2,1-3H3. The number of carbonyl (C=O) groups excluding carboxylic acids is 1. The quantitative estimate of drug-likeness (QED) is 0.834. The molecule has 0 saturated heterocycles. The van der Waals surface area contributed by atoms with Gasteiger partial charge in [0, 0.05) is 25.7 Å². The third-order valence-electron chi connectivity index (χ3n) is 2.75. The number of hydrogen-bond acceptors (Lipinski definition) is 3. The van der Waals surface area contributed by atoms with Gasteiger partial charge in [0.1, 0.15) is 0 Å². The van der Waals surface area contributed by atoms with Gasteiger partial charge in [-0.15, -0.1) is 0 Å². The van der Waals surface area contributed by atoms with Crippen LogP contribution in [0.4, 0.5) is 4.39 Å². The van der Waals surface area contributed by atoms with Crippen LogP contribution in [0.5, 0.6) is 5.75 Å². The van der Waals surface area contributed by atoms with E-state index >= 15 is 0 Å². The molecular weight excluding hydrogens is 235 g/mol. The molecule has 100 valence electrons. The summed E-state index contributed by atoms with van der Waals surface area (Å²) in [5, 5.41) is 2.92. The van der Waals surface area contributed by atoms with Crippen molar-refractivity contribution in [2.45, 2.75) is 13.5 Å². The number of halogens is 1. The molecule has 1 N–H and O–H groups in total. The summed E-state index contributed by atoms with van der Waals surface area (Å²) in [7, 11) is 3.16. The second kappa shape index (κ2) is 6.96. The molecule has 0 saturated carbocycles. The van der Waals surface area contributed by atoms with Crippen LogP contribution in [0, 0.1) is 5.82 Å². The molecule has 1 aromatic rings. The van der Waals surface area contributed by atoms with Crippen LogP contribution in [0.2, 0.25) is 0 Å². The molecule has 0 aliphatic heterocycles. The van der Waals surface area contributed by atoms with Gasteiger partial charge >= 0.3 is 0 Å². The summed E-state index contributed by atoms with van der Waals surface area (Å²) in [6.45, 7) is 3.06. The second-order valence-corrected chi connectivity index (χ2v) is 3.94. The average Bonchev–Trinajstić information content (AvgIpc) is 2.39. The fourth-order valence-electron chi connectivity index (χ4n) is 1.47. The maximum Gasteiger partial charge on any atom is 0.236 e. The first-order valence-corrected chi connectivity index (χ1v) is 5.86. The lowest BCUT2D eigenvalue weighted by atomic mass is 10.2. The summed E-state index contributed by atoms with van der Waals surface area (Å²) in [6.07, 6.45) is 0. The minimum atomic E-state index is -0.385. The van der Waals surface area contributed by atoms with E-state index in [1.165, 1.54) is 7.11 Å². The minimum Gasteiger partial charge on any atom is -0.494 e. The molecule has 0 unspecified atom stereocenters. The molecular formula is C13H19FN2O2. The normalized spacial score (nSPS) is 10.2. The van der Waals surface area contributed by atoms with Gasteiger partial charge in [-0.25, -0.2) is 4.39 Å². The number of ether oxygens (including phenoxy) is 1. The van der Waals surface area contributed by atoms with Crippen molar-refractivity contribution in [3.8, 4) is 5.75 Å². The number of likely N-dealkylation sites (N-methyl/N-ethyl adjacent to an activating group) is 1. The highest BCUT2D eigenvalue weighted by atomic mass is 19.1. The lowest BCUT2D eigenvalue weighted by Gasteiger charge is -2.15. The number of amides is 1. The largest absolute Gasteiger partial charge is 0.494 e. The van der Waals surface area contributed by atoms with Crippen molar-refractivity contribution in [1.82, 2.24) is 10.2 Å². The topological polar surface area (TPSA) is 41.6 Å². The van der Waals surface area contributed by atoms with Crippen molar-refractivity contribution in [3.63, 3.8) is 0 Å². The molecule has 18 heavy (non-hydrogen) atoms. The van der Waals surface area contributed by atoms with Gasteiger partial charge in [0.2, 0.25) is 5.91 Å². The summed E-state index contributed by atoms with van der Waals surface area (Å²) in [5.41, 5.74) is 0.487. The van der Waals surface area contributed by atoms with Gasteiger partial charge in [-0.2, -0.15) is 0 Å². The van der Waals surface area contributed by atoms with Crippen molar-refractivity contribution >= 4 is 5.91 Å². The molecule has 0 radical (unpaired) electrons. The molecule has 0 aliphatic rings. The Kier molecular flexibility index (Phi) is 5.58. The molecule has 0 fully saturated rings. The number of benzene rings is 1. The third-order valence-corrected chi connectivity index (χ3v) is 2.75. The van der Waals surface area contributed by atoms with Crippen LogP contribution >= 0.6 is 0 Å². The van der Waals surface area contributed by atoms with Crippen molar-refractivity contribution in [2.75, 3.05) is 27.2 Å². The summed E-state index contributed by atoms with van der Waals surface area (Å²) in [6, 6.07) is 4.95. The van der Waals surface area contributed by atoms with Gasteiger partial charge in [-0.05, 0) is 13.0 Å².